The molecule has 1 rings (SSSR count). The van der Waals surface area contributed by atoms with Crippen molar-refractivity contribution in [1.82, 2.24) is 5.32 Å². The van der Waals surface area contributed by atoms with E-state index in [-0.39, 0.29) is 12.1 Å². The SMILES string of the molecule is CCNCC(C)(O)c1ccc(F)c(C(F)(F)F)c1. The number of halogens is 4. The molecule has 1 aromatic carbocycles. The molecular weight excluding hydrogens is 250 g/mol. The first-order chi connectivity index (χ1) is 8.18. The molecule has 2 N–H and O–H groups in total. The first-order valence-corrected chi connectivity index (χ1v) is 5.49. The molecule has 1 unspecified atom stereocenters. The molecule has 0 saturated carbocycles. The average molecular weight is 265 g/mol. The normalized spacial score (nSPS) is 15.5. The van der Waals surface area contributed by atoms with Gasteiger partial charge in [0.15, 0.2) is 0 Å². The zero-order chi connectivity index (χ0) is 14.0. The van der Waals surface area contributed by atoms with Gasteiger partial charge in [-0.05, 0) is 31.2 Å². The Labute approximate surface area is 103 Å². The van der Waals surface area contributed by atoms with Gasteiger partial charge in [0.1, 0.15) is 5.82 Å². The maximum atomic E-state index is 13.1. The lowest BCUT2D eigenvalue weighted by Gasteiger charge is -2.25. The molecule has 18 heavy (non-hydrogen) atoms. The smallest absolute Gasteiger partial charge is 0.384 e. The van der Waals surface area contributed by atoms with E-state index in [0.717, 1.165) is 12.1 Å². The number of hydrogen-bond acceptors (Lipinski definition) is 2. The zero-order valence-corrected chi connectivity index (χ0v) is 10.1. The van der Waals surface area contributed by atoms with Gasteiger partial charge in [0.05, 0.1) is 11.2 Å². The molecule has 0 aromatic heterocycles. The highest BCUT2D eigenvalue weighted by Crippen LogP contribution is 2.34. The van der Waals surface area contributed by atoms with Crippen molar-refractivity contribution >= 4 is 0 Å². The molecule has 6 heteroatoms. The van der Waals surface area contributed by atoms with E-state index in [1.165, 1.54) is 6.92 Å². The van der Waals surface area contributed by atoms with Gasteiger partial charge in [-0.2, -0.15) is 13.2 Å². The van der Waals surface area contributed by atoms with Crippen LogP contribution in [0.1, 0.15) is 25.0 Å². The summed E-state index contributed by atoms with van der Waals surface area (Å²) in [7, 11) is 0. The van der Waals surface area contributed by atoms with Crippen LogP contribution in [-0.4, -0.2) is 18.2 Å². The lowest BCUT2D eigenvalue weighted by molar-refractivity contribution is -0.140. The van der Waals surface area contributed by atoms with E-state index in [4.69, 9.17) is 0 Å². The number of aliphatic hydroxyl groups is 1. The Morgan fingerprint density at radius 1 is 1.28 bits per heavy atom. The third-order valence-corrected chi connectivity index (χ3v) is 2.61. The van der Waals surface area contributed by atoms with Gasteiger partial charge < -0.3 is 10.4 Å². The summed E-state index contributed by atoms with van der Waals surface area (Å²) in [6.07, 6.45) is -4.77. The third kappa shape index (κ3) is 3.43. The van der Waals surface area contributed by atoms with Crippen LogP contribution in [0.4, 0.5) is 17.6 Å². The van der Waals surface area contributed by atoms with Crippen LogP contribution in [-0.2, 0) is 11.8 Å². The molecule has 0 bridgehead atoms. The van der Waals surface area contributed by atoms with E-state index < -0.39 is 23.2 Å². The Morgan fingerprint density at radius 3 is 2.39 bits per heavy atom. The lowest BCUT2D eigenvalue weighted by Crippen LogP contribution is -2.35. The van der Waals surface area contributed by atoms with E-state index in [9.17, 15) is 22.7 Å². The van der Waals surface area contributed by atoms with Gasteiger partial charge in [-0.1, -0.05) is 13.0 Å². The summed E-state index contributed by atoms with van der Waals surface area (Å²) in [5.41, 5.74) is -2.82. The average Bonchev–Trinajstić information content (AvgIpc) is 2.25. The van der Waals surface area contributed by atoms with Gasteiger partial charge in [-0.25, -0.2) is 4.39 Å². The number of hydrogen-bond donors (Lipinski definition) is 2. The first-order valence-electron chi connectivity index (χ1n) is 5.49. The molecule has 0 spiro atoms. The number of benzene rings is 1. The summed E-state index contributed by atoms with van der Waals surface area (Å²) >= 11 is 0. The summed E-state index contributed by atoms with van der Waals surface area (Å²) in [4.78, 5) is 0. The van der Waals surface area contributed by atoms with Gasteiger partial charge in [0.25, 0.3) is 0 Å². The summed E-state index contributed by atoms with van der Waals surface area (Å²) < 4.78 is 50.7. The van der Waals surface area contributed by atoms with E-state index >= 15 is 0 Å². The summed E-state index contributed by atoms with van der Waals surface area (Å²) in [6, 6.07) is 2.52. The molecule has 1 aromatic rings. The van der Waals surface area contributed by atoms with Gasteiger partial charge in [-0.3, -0.25) is 0 Å². The second kappa shape index (κ2) is 5.24. The molecule has 0 aliphatic heterocycles. The van der Waals surface area contributed by atoms with E-state index in [1.54, 1.807) is 0 Å². The number of rotatable bonds is 4. The third-order valence-electron chi connectivity index (χ3n) is 2.61. The standard InChI is InChI=1S/C12H15F4NO/c1-3-17-7-11(2,18)8-4-5-10(13)9(6-8)12(14,15)16/h4-6,17-18H,3,7H2,1-2H3. The molecule has 0 heterocycles. The van der Waals surface area contributed by atoms with Crippen molar-refractivity contribution in [3.8, 4) is 0 Å². The van der Waals surface area contributed by atoms with Crippen LogP contribution in [0.2, 0.25) is 0 Å². The second-order valence-corrected chi connectivity index (χ2v) is 4.25. The Bertz CT molecular complexity index is 415. The van der Waals surface area contributed by atoms with Crippen molar-refractivity contribution in [1.29, 1.82) is 0 Å². The van der Waals surface area contributed by atoms with Gasteiger partial charge in [-0.15, -0.1) is 0 Å². The highest BCUT2D eigenvalue weighted by atomic mass is 19.4. The summed E-state index contributed by atoms with van der Waals surface area (Å²) in [5, 5.41) is 12.9. The highest BCUT2D eigenvalue weighted by molar-refractivity contribution is 5.31. The van der Waals surface area contributed by atoms with Crippen LogP contribution in [0.15, 0.2) is 18.2 Å². The van der Waals surface area contributed by atoms with Crippen molar-refractivity contribution in [3.05, 3.63) is 35.1 Å². The van der Waals surface area contributed by atoms with E-state index in [0.29, 0.717) is 12.6 Å². The van der Waals surface area contributed by atoms with Crippen molar-refractivity contribution in [2.45, 2.75) is 25.6 Å². The van der Waals surface area contributed by atoms with E-state index in [1.807, 2.05) is 6.92 Å². The molecule has 2 nitrogen and oxygen atoms in total. The number of alkyl halides is 3. The quantitative estimate of drug-likeness (QED) is 0.820. The monoisotopic (exact) mass is 265 g/mol. The maximum absolute atomic E-state index is 13.1. The largest absolute Gasteiger partial charge is 0.419 e. The minimum absolute atomic E-state index is 0.0252. The minimum atomic E-state index is -4.77. The van der Waals surface area contributed by atoms with Gasteiger partial charge >= 0.3 is 6.18 Å². The topological polar surface area (TPSA) is 32.3 Å². The van der Waals surface area contributed by atoms with Crippen LogP contribution in [0, 0.1) is 5.82 Å². The zero-order valence-electron chi connectivity index (χ0n) is 10.1. The molecule has 0 aliphatic rings. The van der Waals surface area contributed by atoms with Crippen LogP contribution < -0.4 is 5.32 Å². The van der Waals surface area contributed by atoms with Crippen molar-refractivity contribution in [3.63, 3.8) is 0 Å². The predicted octanol–water partition coefficient (Wildman–Crippen LogP) is 2.66. The molecule has 0 saturated heterocycles. The molecule has 1 atom stereocenters. The van der Waals surface area contributed by atoms with Crippen LogP contribution in [0.3, 0.4) is 0 Å². The maximum Gasteiger partial charge on any atom is 0.419 e. The predicted molar refractivity (Wildman–Crippen MR) is 59.5 cm³/mol. The summed E-state index contributed by atoms with van der Waals surface area (Å²) in [6.45, 7) is 3.85. The Morgan fingerprint density at radius 2 is 1.89 bits per heavy atom. The molecule has 0 fully saturated rings. The molecule has 102 valence electrons. The molecule has 0 amide bonds. The van der Waals surface area contributed by atoms with Gasteiger partial charge in [0, 0.05) is 6.54 Å². The Balaban J connectivity index is 3.12. The van der Waals surface area contributed by atoms with Gasteiger partial charge in [0.2, 0.25) is 0 Å². The fraction of sp³-hybridized carbons (Fsp3) is 0.500. The fourth-order valence-corrected chi connectivity index (χ4v) is 1.55. The lowest BCUT2D eigenvalue weighted by atomic mass is 9.94. The van der Waals surface area contributed by atoms with Crippen molar-refractivity contribution in [2.24, 2.45) is 0 Å². The number of nitrogens with one attached hydrogen (secondary N) is 1. The van der Waals surface area contributed by atoms with Crippen LogP contribution >= 0.6 is 0 Å². The summed E-state index contributed by atoms with van der Waals surface area (Å²) in [5.74, 6) is -1.34. The Hall–Kier alpha value is -1.14. The van der Waals surface area contributed by atoms with Crippen molar-refractivity contribution < 1.29 is 22.7 Å². The second-order valence-electron chi connectivity index (χ2n) is 4.25. The number of likely N-dealkylation sites (N-methyl/N-ethyl adjacent to an activating group) is 1. The highest BCUT2D eigenvalue weighted by Gasteiger charge is 2.36. The molecule has 0 radical (unpaired) electrons. The Kier molecular flexibility index (Phi) is 4.34. The van der Waals surface area contributed by atoms with Crippen molar-refractivity contribution in [2.75, 3.05) is 13.1 Å². The minimum Gasteiger partial charge on any atom is -0.384 e. The van der Waals surface area contributed by atoms with Crippen LogP contribution in [0.25, 0.3) is 0 Å². The van der Waals surface area contributed by atoms with Crippen LogP contribution in [0.5, 0.6) is 0 Å². The molecule has 0 aliphatic carbocycles. The molecular formula is C12H15F4NO. The van der Waals surface area contributed by atoms with E-state index in [2.05, 4.69) is 5.32 Å². The first kappa shape index (κ1) is 14.9. The fourth-order valence-electron chi connectivity index (χ4n) is 1.55.